The first-order chi connectivity index (χ1) is 32.0. The van der Waals surface area contributed by atoms with E-state index >= 15 is 0 Å². The number of aliphatic hydroxyl groups excluding tert-OH is 1. The lowest BCUT2D eigenvalue weighted by Gasteiger charge is -2.40. The summed E-state index contributed by atoms with van der Waals surface area (Å²) in [5.41, 5.74) is -11.0. The molecule has 0 fully saturated rings. The molecular weight excluding hydrogens is 924 g/mol. The molecule has 0 saturated carbocycles. The molecule has 4 aliphatic rings. The van der Waals surface area contributed by atoms with Gasteiger partial charge >= 0.3 is 29.8 Å². The number of cyclic esters (lactones) is 2. The molecule has 0 amide bonds. The number of fused-ring (bicyclic) bond motifs is 6. The summed E-state index contributed by atoms with van der Waals surface area (Å²) in [4.78, 5) is 80.4. The summed E-state index contributed by atoms with van der Waals surface area (Å²) in [6.07, 6.45) is -13.4. The van der Waals surface area contributed by atoms with E-state index in [2.05, 4.69) is 0 Å². The molecule has 0 spiro atoms. The Morgan fingerprint density at radius 3 is 1.35 bits per heavy atom. The fourth-order valence-corrected chi connectivity index (χ4v) is 7.64. The van der Waals surface area contributed by atoms with Crippen LogP contribution in [0.2, 0.25) is 0 Å². The maximum atomic E-state index is 14.6. The lowest BCUT2D eigenvalue weighted by atomic mass is 9.82. The monoisotopic (exact) mass is 952 g/mol. The van der Waals surface area contributed by atoms with Crippen molar-refractivity contribution in [2.75, 3.05) is 6.61 Å². The number of ether oxygens (including phenoxy) is 4. The molecule has 4 heterocycles. The van der Waals surface area contributed by atoms with E-state index in [1.54, 1.807) is 0 Å². The van der Waals surface area contributed by atoms with Crippen molar-refractivity contribution in [2.45, 2.75) is 30.5 Å². The number of aliphatic hydroxyl groups is 1. The number of rotatable bonds is 4. The van der Waals surface area contributed by atoms with Gasteiger partial charge in [0.2, 0.25) is 23.0 Å². The number of carbonyl (C=O) groups excluding carboxylic acids is 5. The van der Waals surface area contributed by atoms with E-state index in [0.29, 0.717) is 30.3 Å². The van der Waals surface area contributed by atoms with Gasteiger partial charge in [0.25, 0.3) is 0 Å². The molecule has 0 unspecified atom stereocenters. The molecule has 68 heavy (non-hydrogen) atoms. The smallest absolute Gasteiger partial charge is 0.373 e. The second-order valence-corrected chi connectivity index (χ2v) is 14.8. The van der Waals surface area contributed by atoms with E-state index in [1.807, 2.05) is 0 Å². The van der Waals surface area contributed by atoms with E-state index in [1.165, 1.54) is 0 Å². The topological polar surface area (TPSA) is 464 Å². The zero-order valence-electron chi connectivity index (χ0n) is 33.1. The van der Waals surface area contributed by atoms with Gasteiger partial charge in [-0.25, -0.2) is 24.0 Å². The molecule has 16 N–H and O–H groups in total. The van der Waals surface area contributed by atoms with Crippen molar-refractivity contribution in [3.63, 3.8) is 0 Å². The normalized spacial score (nSPS) is 19.8. The Bertz CT molecular complexity index is 3080. The highest BCUT2D eigenvalue weighted by Gasteiger charge is 2.54. The number of esters is 4. The first-order valence-electron chi connectivity index (χ1n) is 18.7. The number of benzene rings is 5. The maximum absolute atomic E-state index is 14.6. The largest absolute Gasteiger partial charge is 0.504 e. The van der Waals surface area contributed by atoms with Crippen molar-refractivity contribution < 1.29 is 134 Å². The Morgan fingerprint density at radius 1 is 0.441 bits per heavy atom. The first kappa shape index (κ1) is 45.0. The van der Waals surface area contributed by atoms with Crippen LogP contribution in [0.15, 0.2) is 30.3 Å². The van der Waals surface area contributed by atoms with Crippen LogP contribution in [0, 0.1) is 0 Å². The lowest BCUT2D eigenvalue weighted by Crippen LogP contribution is -2.56. The second kappa shape index (κ2) is 15.8. The lowest BCUT2D eigenvalue weighted by molar-refractivity contribution is -0.307. The molecule has 4 aliphatic heterocycles. The third kappa shape index (κ3) is 6.72. The van der Waals surface area contributed by atoms with Gasteiger partial charge in [-0.05, 0) is 30.3 Å². The minimum Gasteiger partial charge on any atom is -0.504 e. The average Bonchev–Trinajstić information content (AvgIpc) is 3.30. The SMILES string of the molecule is O=C(OO[C@@H]1COC(=O)c2cc(O)c(O)c(O)c2-c2c(cc(O)c(O)c2O)C(=O)O[C@H]1[C@@H]1OC(=O)c2cc(O)c(O)c(O)c2-c2c(O)c(O)c(O)c3c2C(=O)O[C@H]1[C@@H]3O)c1cc(O)c(O)c(O)c1. The highest BCUT2D eigenvalue weighted by molar-refractivity contribution is 6.11. The minimum atomic E-state index is -2.79. The fourth-order valence-electron chi connectivity index (χ4n) is 7.64. The van der Waals surface area contributed by atoms with Crippen LogP contribution in [0.5, 0.6) is 86.2 Å². The van der Waals surface area contributed by atoms with E-state index in [0.717, 1.165) is 0 Å². The van der Waals surface area contributed by atoms with Gasteiger partial charge in [-0.3, -0.25) is 4.89 Å². The highest BCUT2D eigenvalue weighted by Crippen LogP contribution is 2.58. The van der Waals surface area contributed by atoms with Crippen LogP contribution in [0.1, 0.15) is 63.5 Å². The molecule has 0 aromatic heterocycles. The van der Waals surface area contributed by atoms with Gasteiger partial charge in [0.1, 0.15) is 12.7 Å². The maximum Gasteiger partial charge on any atom is 0.373 e. The van der Waals surface area contributed by atoms with E-state index in [-0.39, 0.29) is 0 Å². The minimum absolute atomic E-state index is 0.327. The van der Waals surface area contributed by atoms with Crippen molar-refractivity contribution in [1.29, 1.82) is 0 Å². The number of phenols is 15. The van der Waals surface area contributed by atoms with Crippen molar-refractivity contribution >= 4 is 29.8 Å². The van der Waals surface area contributed by atoms with E-state index in [4.69, 9.17) is 28.7 Å². The molecule has 0 radical (unpaired) electrons. The molecule has 5 atom stereocenters. The van der Waals surface area contributed by atoms with Crippen LogP contribution < -0.4 is 0 Å². The molecule has 0 saturated heterocycles. The molecular formula is C41H28O27. The molecule has 9 rings (SSSR count). The number of hydrogen-bond acceptors (Lipinski definition) is 27. The van der Waals surface area contributed by atoms with Crippen molar-refractivity contribution in [1.82, 2.24) is 0 Å². The molecule has 5 aromatic rings. The van der Waals surface area contributed by atoms with E-state index < -0.39 is 209 Å². The summed E-state index contributed by atoms with van der Waals surface area (Å²) in [6, 6.07) is 2.17. The quantitative estimate of drug-likeness (QED) is 0.0396. The number of carbonyl (C=O) groups is 5. The van der Waals surface area contributed by atoms with Crippen LogP contribution in [0.25, 0.3) is 22.3 Å². The molecule has 4 bridgehead atoms. The van der Waals surface area contributed by atoms with Gasteiger partial charge < -0.3 is 101 Å². The number of hydrogen-bond donors (Lipinski definition) is 16. The summed E-state index contributed by atoms with van der Waals surface area (Å²) >= 11 is 0. The molecule has 5 aromatic carbocycles. The molecule has 27 heteroatoms. The number of phenolic OH excluding ortho intramolecular Hbond substituents is 15. The second-order valence-electron chi connectivity index (χ2n) is 14.8. The Kier molecular flexibility index (Phi) is 10.5. The van der Waals surface area contributed by atoms with Gasteiger partial charge in [0, 0.05) is 27.8 Å². The molecule has 0 aliphatic carbocycles. The Morgan fingerprint density at radius 2 is 0.853 bits per heavy atom. The summed E-state index contributed by atoms with van der Waals surface area (Å²) in [7, 11) is 0. The van der Waals surface area contributed by atoms with Crippen LogP contribution in [0.4, 0.5) is 0 Å². The van der Waals surface area contributed by atoms with Crippen molar-refractivity contribution in [3.8, 4) is 108 Å². The Hall–Kier alpha value is -9.63. The van der Waals surface area contributed by atoms with Crippen molar-refractivity contribution in [2.24, 2.45) is 0 Å². The van der Waals surface area contributed by atoms with Crippen LogP contribution >= 0.6 is 0 Å². The highest BCUT2D eigenvalue weighted by atomic mass is 17.2. The summed E-state index contributed by atoms with van der Waals surface area (Å²) in [5, 5.41) is 171. The third-order valence-electron chi connectivity index (χ3n) is 10.9. The average molecular weight is 953 g/mol. The van der Waals surface area contributed by atoms with Gasteiger partial charge in [-0.1, -0.05) is 0 Å². The zero-order valence-corrected chi connectivity index (χ0v) is 33.1. The standard InChI is InChI=1S/C41H28O27/c42-11-1-7(2-12(43)23(11)47)37(58)68-67-16-6-63-38(59)8-3-13(44)24(48)27(51)17(8)18-9(4-14(45)25(49)28(18)52)39(60)64-34(16)36-35-32(56)22-21(41(62)65-35)20(30(54)33(57)31(22)55)19-10(40(61)66-36)5-15(46)26(50)29(19)53/h1-5,16,32,34-36,42-57H,6H2/t16-,32-,34-,35+,36+/m1/s1. The first-order valence-corrected chi connectivity index (χ1v) is 18.7. The Balaban J connectivity index is 1.39. The zero-order chi connectivity index (χ0) is 49.7. The van der Waals surface area contributed by atoms with Gasteiger partial charge in [-0.2, -0.15) is 4.89 Å². The van der Waals surface area contributed by atoms with Crippen LogP contribution in [-0.2, 0) is 28.7 Å². The summed E-state index contributed by atoms with van der Waals surface area (Å²) in [5.74, 6) is -29.5. The molecule has 27 nitrogen and oxygen atoms in total. The fraction of sp³-hybridized carbons (Fsp3) is 0.146. The summed E-state index contributed by atoms with van der Waals surface area (Å²) in [6.45, 7) is -1.51. The number of aromatic hydroxyl groups is 15. The van der Waals surface area contributed by atoms with Crippen molar-refractivity contribution in [3.05, 3.63) is 63.7 Å². The van der Waals surface area contributed by atoms with Gasteiger partial charge in [0.05, 0.1) is 27.8 Å². The van der Waals surface area contributed by atoms with Crippen LogP contribution in [0.3, 0.4) is 0 Å². The predicted molar refractivity (Wildman–Crippen MR) is 208 cm³/mol. The predicted octanol–water partition coefficient (Wildman–Crippen LogP) is 1.27. The van der Waals surface area contributed by atoms with E-state index in [9.17, 15) is 106 Å². The molecule has 354 valence electrons. The van der Waals surface area contributed by atoms with Crippen LogP contribution in [-0.4, -0.2) is 143 Å². The summed E-state index contributed by atoms with van der Waals surface area (Å²) < 4.78 is 22.0. The Labute approximate surface area is 373 Å². The van der Waals surface area contributed by atoms with Gasteiger partial charge in [0.15, 0.2) is 87.7 Å². The third-order valence-corrected chi connectivity index (χ3v) is 10.9. The van der Waals surface area contributed by atoms with Gasteiger partial charge in [-0.15, -0.1) is 0 Å².